The van der Waals surface area contributed by atoms with E-state index in [2.05, 4.69) is 25.9 Å². The minimum absolute atomic E-state index is 0.133. The molecule has 2 aromatic heterocycles. The van der Waals surface area contributed by atoms with Crippen LogP contribution < -0.4 is 21.1 Å². The van der Waals surface area contributed by atoms with Crippen molar-refractivity contribution in [3.8, 4) is 28.6 Å². The van der Waals surface area contributed by atoms with Crippen LogP contribution in [0.15, 0.2) is 89.5 Å². The van der Waals surface area contributed by atoms with Crippen LogP contribution in [0.2, 0.25) is 0 Å². The predicted octanol–water partition coefficient (Wildman–Crippen LogP) is 4.57. The van der Waals surface area contributed by atoms with Gasteiger partial charge in [-0.25, -0.2) is 4.68 Å². The van der Waals surface area contributed by atoms with Crippen molar-refractivity contribution in [3.63, 3.8) is 0 Å². The Morgan fingerprint density at radius 1 is 1.00 bits per heavy atom. The van der Waals surface area contributed by atoms with Crippen molar-refractivity contribution in [1.29, 1.82) is 0 Å². The monoisotopic (exact) mass is 481 g/mol. The smallest absolute Gasteiger partial charge is 0.265 e. The first-order chi connectivity index (χ1) is 17.6. The Bertz CT molecular complexity index is 1480. The lowest BCUT2D eigenvalue weighted by molar-refractivity contribution is -0.116. The highest BCUT2D eigenvalue weighted by atomic mass is 16.5. The van der Waals surface area contributed by atoms with Crippen LogP contribution in [-0.2, 0) is 11.3 Å². The number of para-hydroxylation sites is 1. The molecule has 0 saturated heterocycles. The fourth-order valence-electron chi connectivity index (χ4n) is 3.62. The molecule has 0 spiro atoms. The number of nitrogens with two attached hydrogens (primary N) is 1. The van der Waals surface area contributed by atoms with Gasteiger partial charge in [0.1, 0.15) is 23.7 Å². The molecule has 0 bridgehead atoms. The van der Waals surface area contributed by atoms with Gasteiger partial charge in [-0.15, -0.1) is 0 Å². The second kappa shape index (κ2) is 10.0. The Morgan fingerprint density at radius 3 is 2.47 bits per heavy atom. The lowest BCUT2D eigenvalue weighted by Gasteiger charge is -2.08. The zero-order chi connectivity index (χ0) is 24.9. The first-order valence-electron chi connectivity index (χ1n) is 11.1. The number of anilines is 4. The van der Waals surface area contributed by atoms with E-state index in [1.165, 1.54) is 4.68 Å². The second-order valence-corrected chi connectivity index (χ2v) is 7.83. The van der Waals surface area contributed by atoms with Crippen LogP contribution in [0.25, 0.3) is 22.8 Å². The standard InChI is InChI=1S/C26H23N7O3/c1-35-20-14-8-13-19(15-20)28-21(34)16-33-23(27)22(25(31-33)29-18-11-6-3-7-12-18)26-30-24(32-36-26)17-9-4-2-5-10-17/h2-15H,16,27H2,1H3,(H,28,34)(H,29,31). The Labute approximate surface area is 206 Å². The lowest BCUT2D eigenvalue weighted by Crippen LogP contribution is -2.20. The molecule has 180 valence electrons. The summed E-state index contributed by atoms with van der Waals surface area (Å²) in [5, 5.41) is 14.7. The van der Waals surface area contributed by atoms with Crippen LogP contribution in [0, 0.1) is 0 Å². The van der Waals surface area contributed by atoms with Crippen molar-refractivity contribution >= 4 is 28.9 Å². The minimum Gasteiger partial charge on any atom is -0.497 e. The largest absolute Gasteiger partial charge is 0.497 e. The van der Waals surface area contributed by atoms with Crippen LogP contribution in [0.4, 0.5) is 23.0 Å². The maximum Gasteiger partial charge on any atom is 0.265 e. The van der Waals surface area contributed by atoms with Gasteiger partial charge in [-0.05, 0) is 24.3 Å². The summed E-state index contributed by atoms with van der Waals surface area (Å²) < 4.78 is 12.2. The van der Waals surface area contributed by atoms with E-state index in [9.17, 15) is 4.79 Å². The number of carbonyl (C=O) groups excluding carboxylic acids is 1. The van der Waals surface area contributed by atoms with Crippen LogP contribution >= 0.6 is 0 Å². The summed E-state index contributed by atoms with van der Waals surface area (Å²) in [6, 6.07) is 26.0. The number of nitrogen functional groups attached to an aromatic ring is 1. The van der Waals surface area contributed by atoms with E-state index in [1.54, 1.807) is 31.4 Å². The van der Waals surface area contributed by atoms with Gasteiger partial charge >= 0.3 is 0 Å². The van der Waals surface area contributed by atoms with Crippen molar-refractivity contribution in [3.05, 3.63) is 84.9 Å². The van der Waals surface area contributed by atoms with E-state index in [0.717, 1.165) is 11.3 Å². The fraction of sp³-hybridized carbons (Fsp3) is 0.0769. The number of aromatic nitrogens is 4. The van der Waals surface area contributed by atoms with Gasteiger partial charge in [0, 0.05) is 23.0 Å². The summed E-state index contributed by atoms with van der Waals surface area (Å²) in [5.41, 5.74) is 9.04. The van der Waals surface area contributed by atoms with E-state index in [1.807, 2.05) is 60.7 Å². The van der Waals surface area contributed by atoms with Crippen LogP contribution in [0.3, 0.4) is 0 Å². The predicted molar refractivity (Wildman–Crippen MR) is 137 cm³/mol. The maximum atomic E-state index is 12.8. The van der Waals surface area contributed by atoms with E-state index in [4.69, 9.17) is 15.0 Å². The molecule has 0 radical (unpaired) electrons. The van der Waals surface area contributed by atoms with Gasteiger partial charge in [0.25, 0.3) is 5.89 Å². The Kier molecular flexibility index (Phi) is 6.31. The zero-order valence-electron chi connectivity index (χ0n) is 19.4. The molecule has 10 nitrogen and oxygen atoms in total. The third-order valence-electron chi connectivity index (χ3n) is 5.35. The summed E-state index contributed by atoms with van der Waals surface area (Å²) in [6.45, 7) is -0.133. The molecule has 0 fully saturated rings. The number of ether oxygens (including phenoxy) is 1. The Morgan fingerprint density at radius 2 is 1.72 bits per heavy atom. The topological polar surface area (TPSA) is 133 Å². The van der Waals surface area contributed by atoms with Crippen molar-refractivity contribution in [2.75, 3.05) is 23.5 Å². The number of methoxy groups -OCH3 is 1. The molecule has 0 aliphatic carbocycles. The molecular formula is C26H23N7O3. The van der Waals surface area contributed by atoms with E-state index in [0.29, 0.717) is 28.6 Å². The fourth-order valence-corrected chi connectivity index (χ4v) is 3.62. The van der Waals surface area contributed by atoms with Gasteiger partial charge in [0.2, 0.25) is 11.7 Å². The van der Waals surface area contributed by atoms with E-state index >= 15 is 0 Å². The van der Waals surface area contributed by atoms with E-state index in [-0.39, 0.29) is 24.2 Å². The van der Waals surface area contributed by atoms with Crippen LogP contribution in [0.5, 0.6) is 5.75 Å². The molecule has 10 heteroatoms. The lowest BCUT2D eigenvalue weighted by atomic mass is 10.2. The molecule has 4 N–H and O–H groups in total. The zero-order valence-corrected chi connectivity index (χ0v) is 19.4. The molecular weight excluding hydrogens is 458 g/mol. The summed E-state index contributed by atoms with van der Waals surface area (Å²) >= 11 is 0. The van der Waals surface area contributed by atoms with E-state index < -0.39 is 0 Å². The normalized spacial score (nSPS) is 10.7. The summed E-state index contributed by atoms with van der Waals surface area (Å²) in [6.07, 6.45) is 0. The second-order valence-electron chi connectivity index (χ2n) is 7.83. The van der Waals surface area contributed by atoms with Gasteiger partial charge in [-0.2, -0.15) is 10.1 Å². The summed E-state index contributed by atoms with van der Waals surface area (Å²) in [5.74, 6) is 1.51. The maximum absolute atomic E-state index is 12.8. The quantitative estimate of drug-likeness (QED) is 0.293. The van der Waals surface area contributed by atoms with Crippen molar-refractivity contribution in [2.24, 2.45) is 0 Å². The molecule has 0 aliphatic rings. The van der Waals surface area contributed by atoms with Crippen LogP contribution in [-0.4, -0.2) is 32.9 Å². The third kappa shape index (κ3) is 4.87. The number of carbonyl (C=O) groups is 1. The number of rotatable bonds is 8. The molecule has 0 unspecified atom stereocenters. The minimum atomic E-state index is -0.314. The highest BCUT2D eigenvalue weighted by Gasteiger charge is 2.24. The molecule has 0 atom stereocenters. The number of nitrogens with one attached hydrogen (secondary N) is 2. The number of benzene rings is 3. The van der Waals surface area contributed by atoms with Crippen LogP contribution in [0.1, 0.15) is 0 Å². The molecule has 3 aromatic carbocycles. The molecule has 5 rings (SSSR count). The molecule has 1 amide bonds. The van der Waals surface area contributed by atoms with Crippen molar-refractivity contribution in [1.82, 2.24) is 19.9 Å². The van der Waals surface area contributed by atoms with Crippen molar-refractivity contribution in [2.45, 2.75) is 6.54 Å². The molecule has 2 heterocycles. The Hall–Kier alpha value is -5.12. The van der Waals surface area contributed by atoms with Gasteiger partial charge in [0.05, 0.1) is 7.11 Å². The number of amides is 1. The molecule has 0 aliphatic heterocycles. The van der Waals surface area contributed by atoms with Gasteiger partial charge in [-0.3, -0.25) is 4.79 Å². The van der Waals surface area contributed by atoms with Gasteiger partial charge < -0.3 is 25.6 Å². The Balaban J connectivity index is 1.46. The first kappa shape index (κ1) is 22.7. The average molecular weight is 482 g/mol. The van der Waals surface area contributed by atoms with Gasteiger partial charge in [-0.1, -0.05) is 59.8 Å². The molecule has 5 aromatic rings. The van der Waals surface area contributed by atoms with Gasteiger partial charge in [0.15, 0.2) is 5.82 Å². The number of nitrogens with zero attached hydrogens (tertiary/aromatic N) is 4. The van der Waals surface area contributed by atoms with Crippen molar-refractivity contribution < 1.29 is 14.1 Å². The molecule has 0 saturated carbocycles. The number of hydrogen-bond acceptors (Lipinski definition) is 8. The highest BCUT2D eigenvalue weighted by molar-refractivity contribution is 5.92. The molecule has 36 heavy (non-hydrogen) atoms. The average Bonchev–Trinajstić information content (AvgIpc) is 3.50. The number of hydrogen-bond donors (Lipinski definition) is 3. The highest BCUT2D eigenvalue weighted by Crippen LogP contribution is 2.35. The summed E-state index contributed by atoms with van der Waals surface area (Å²) in [7, 11) is 1.56. The SMILES string of the molecule is COc1cccc(NC(=O)Cn2nc(Nc3ccccc3)c(-c3nc(-c4ccccc4)no3)c2N)c1. The summed E-state index contributed by atoms with van der Waals surface area (Å²) in [4.78, 5) is 17.3. The third-order valence-corrected chi connectivity index (χ3v) is 5.35. The first-order valence-corrected chi connectivity index (χ1v) is 11.1.